The average Bonchev–Trinajstić information content (AvgIpc) is 3.05. The van der Waals surface area contributed by atoms with Crippen LogP contribution in [0.2, 0.25) is 0 Å². The highest BCUT2D eigenvalue weighted by Crippen LogP contribution is 2.19. The Hall–Kier alpha value is -1.63. The molecule has 1 aromatic rings. The fourth-order valence-corrected chi connectivity index (χ4v) is 3.06. The second-order valence-electron chi connectivity index (χ2n) is 6.15. The van der Waals surface area contributed by atoms with Crippen molar-refractivity contribution >= 4 is 6.03 Å². The number of benzene rings is 1. The number of nitrogens with zero attached hydrogens (tertiary/aromatic N) is 1. The normalized spacial score (nSPS) is 20.4. The van der Waals surface area contributed by atoms with Crippen molar-refractivity contribution in [2.45, 2.75) is 32.0 Å². The van der Waals surface area contributed by atoms with Crippen LogP contribution < -0.4 is 21.5 Å². The summed E-state index contributed by atoms with van der Waals surface area (Å²) in [6, 6.07) is 9.04. The Morgan fingerprint density at radius 1 is 1.32 bits per heavy atom. The van der Waals surface area contributed by atoms with Crippen LogP contribution in [0.1, 0.15) is 18.1 Å². The van der Waals surface area contributed by atoms with E-state index in [9.17, 15) is 4.79 Å². The lowest BCUT2D eigenvalue weighted by Gasteiger charge is -2.33. The minimum Gasteiger partial charge on any atom is -0.337 e. The number of urea groups is 1. The summed E-state index contributed by atoms with van der Waals surface area (Å²) in [6.07, 6.45) is 1.09. The van der Waals surface area contributed by atoms with Crippen molar-refractivity contribution < 1.29 is 4.79 Å². The second-order valence-corrected chi connectivity index (χ2v) is 6.15. The molecule has 2 aliphatic rings. The van der Waals surface area contributed by atoms with Crippen LogP contribution in [0.4, 0.5) is 4.79 Å². The zero-order valence-electron chi connectivity index (χ0n) is 13.1. The minimum absolute atomic E-state index is 0.0836. The van der Waals surface area contributed by atoms with Gasteiger partial charge in [-0.2, -0.15) is 0 Å². The van der Waals surface area contributed by atoms with Crippen LogP contribution in [0.3, 0.4) is 0 Å². The van der Waals surface area contributed by atoms with Crippen molar-refractivity contribution in [3.05, 3.63) is 35.4 Å². The maximum atomic E-state index is 11.9. The SMILES string of the molecule is CC(CNC(=O)NC1CNNC1)N1CCc2ccccc2C1. The Kier molecular flexibility index (Phi) is 4.92. The first kappa shape index (κ1) is 15.3. The van der Waals surface area contributed by atoms with Gasteiger partial charge in [-0.1, -0.05) is 24.3 Å². The van der Waals surface area contributed by atoms with Crippen molar-refractivity contribution in [1.82, 2.24) is 26.4 Å². The van der Waals surface area contributed by atoms with Gasteiger partial charge in [0.25, 0.3) is 0 Å². The van der Waals surface area contributed by atoms with Gasteiger partial charge in [0, 0.05) is 38.8 Å². The summed E-state index contributed by atoms with van der Waals surface area (Å²) in [5, 5.41) is 5.94. The molecule has 6 heteroatoms. The van der Waals surface area contributed by atoms with E-state index in [1.807, 2.05) is 0 Å². The molecule has 22 heavy (non-hydrogen) atoms. The quantitative estimate of drug-likeness (QED) is 0.642. The smallest absolute Gasteiger partial charge is 0.315 e. The summed E-state index contributed by atoms with van der Waals surface area (Å²) in [5.41, 5.74) is 8.87. The molecule has 1 unspecified atom stereocenters. The van der Waals surface area contributed by atoms with E-state index in [4.69, 9.17) is 0 Å². The molecule has 1 aromatic carbocycles. The van der Waals surface area contributed by atoms with Crippen molar-refractivity contribution in [1.29, 1.82) is 0 Å². The Bertz CT molecular complexity index is 515. The van der Waals surface area contributed by atoms with E-state index in [0.717, 1.165) is 32.6 Å². The van der Waals surface area contributed by atoms with E-state index in [1.165, 1.54) is 11.1 Å². The lowest BCUT2D eigenvalue weighted by molar-refractivity contribution is 0.184. The number of rotatable bonds is 4. The molecule has 0 radical (unpaired) electrons. The fraction of sp³-hybridized carbons (Fsp3) is 0.562. The third-order valence-corrected chi connectivity index (χ3v) is 4.50. The monoisotopic (exact) mass is 303 g/mol. The lowest BCUT2D eigenvalue weighted by Crippen LogP contribution is -2.49. The molecule has 1 atom stereocenters. The highest BCUT2D eigenvalue weighted by atomic mass is 16.2. The summed E-state index contributed by atoms with van der Waals surface area (Å²) in [7, 11) is 0. The molecule has 120 valence electrons. The number of hydrogen-bond donors (Lipinski definition) is 4. The van der Waals surface area contributed by atoms with Crippen LogP contribution in [0.5, 0.6) is 0 Å². The lowest BCUT2D eigenvalue weighted by atomic mass is 9.99. The van der Waals surface area contributed by atoms with Crippen molar-refractivity contribution in [2.75, 3.05) is 26.2 Å². The molecule has 1 saturated heterocycles. The van der Waals surface area contributed by atoms with E-state index in [-0.39, 0.29) is 12.1 Å². The fourth-order valence-electron chi connectivity index (χ4n) is 3.06. The molecular weight excluding hydrogens is 278 g/mol. The Morgan fingerprint density at radius 3 is 2.82 bits per heavy atom. The number of nitrogens with one attached hydrogen (secondary N) is 4. The third kappa shape index (κ3) is 3.76. The number of amides is 2. The van der Waals surface area contributed by atoms with Gasteiger partial charge in [-0.15, -0.1) is 0 Å². The van der Waals surface area contributed by atoms with Crippen LogP contribution in [-0.2, 0) is 13.0 Å². The van der Waals surface area contributed by atoms with Gasteiger partial charge < -0.3 is 10.6 Å². The van der Waals surface area contributed by atoms with Crippen LogP contribution in [0.25, 0.3) is 0 Å². The highest BCUT2D eigenvalue weighted by molar-refractivity contribution is 5.74. The Morgan fingerprint density at radius 2 is 2.05 bits per heavy atom. The van der Waals surface area contributed by atoms with Crippen molar-refractivity contribution in [3.8, 4) is 0 Å². The molecule has 2 amide bonds. The highest BCUT2D eigenvalue weighted by Gasteiger charge is 2.21. The Labute approximate surface area is 131 Å². The molecule has 2 aliphatic heterocycles. The molecule has 0 spiro atoms. The van der Waals surface area contributed by atoms with Gasteiger partial charge in [-0.3, -0.25) is 15.8 Å². The minimum atomic E-state index is -0.0836. The molecule has 1 fully saturated rings. The van der Waals surface area contributed by atoms with Gasteiger partial charge in [-0.25, -0.2) is 4.79 Å². The summed E-state index contributed by atoms with van der Waals surface area (Å²) in [6.45, 7) is 6.40. The molecule has 0 aliphatic carbocycles. The van der Waals surface area contributed by atoms with Crippen molar-refractivity contribution in [2.24, 2.45) is 0 Å². The summed E-state index contributed by atoms with van der Waals surface area (Å²) < 4.78 is 0. The number of hydrazine groups is 1. The molecule has 0 aromatic heterocycles. The summed E-state index contributed by atoms with van der Waals surface area (Å²) in [4.78, 5) is 14.3. The van der Waals surface area contributed by atoms with E-state index in [2.05, 4.69) is 57.6 Å². The number of fused-ring (bicyclic) bond motifs is 1. The van der Waals surface area contributed by atoms with E-state index < -0.39 is 0 Å². The largest absolute Gasteiger partial charge is 0.337 e. The first-order valence-electron chi connectivity index (χ1n) is 8.03. The van der Waals surface area contributed by atoms with Gasteiger partial charge in [0.15, 0.2) is 0 Å². The van der Waals surface area contributed by atoms with Gasteiger partial charge in [-0.05, 0) is 24.5 Å². The maximum absolute atomic E-state index is 11.9. The van der Waals surface area contributed by atoms with Crippen LogP contribution in [0.15, 0.2) is 24.3 Å². The number of hydrogen-bond acceptors (Lipinski definition) is 4. The van der Waals surface area contributed by atoms with Gasteiger partial charge in [0.1, 0.15) is 0 Å². The summed E-state index contributed by atoms with van der Waals surface area (Å²) in [5.74, 6) is 0. The zero-order valence-corrected chi connectivity index (χ0v) is 13.1. The number of carbonyl (C=O) groups excluding carboxylic acids is 1. The van der Waals surface area contributed by atoms with E-state index in [1.54, 1.807) is 0 Å². The van der Waals surface area contributed by atoms with Gasteiger partial charge >= 0.3 is 6.03 Å². The predicted molar refractivity (Wildman–Crippen MR) is 86.3 cm³/mol. The average molecular weight is 303 g/mol. The standard InChI is InChI=1S/C16H25N5O/c1-12(8-17-16(22)20-15-9-18-19-10-15)21-7-6-13-4-2-3-5-14(13)11-21/h2-5,12,15,18-19H,6-11H2,1H3,(H2,17,20,22). The van der Waals surface area contributed by atoms with E-state index >= 15 is 0 Å². The number of carbonyl (C=O) groups is 1. The van der Waals surface area contributed by atoms with Crippen LogP contribution in [-0.4, -0.2) is 49.2 Å². The summed E-state index contributed by atoms with van der Waals surface area (Å²) >= 11 is 0. The molecule has 4 N–H and O–H groups in total. The van der Waals surface area contributed by atoms with Gasteiger partial charge in [0.2, 0.25) is 0 Å². The van der Waals surface area contributed by atoms with Crippen LogP contribution >= 0.6 is 0 Å². The predicted octanol–water partition coefficient (Wildman–Crippen LogP) is 0.209. The van der Waals surface area contributed by atoms with E-state index in [0.29, 0.717) is 12.6 Å². The van der Waals surface area contributed by atoms with Gasteiger partial charge in [0.05, 0.1) is 6.04 Å². The molecule has 6 nitrogen and oxygen atoms in total. The molecule has 0 saturated carbocycles. The topological polar surface area (TPSA) is 68.4 Å². The Balaban J connectivity index is 1.44. The first-order chi connectivity index (χ1) is 10.7. The zero-order chi connectivity index (χ0) is 15.4. The second kappa shape index (κ2) is 7.09. The molecular formula is C16H25N5O. The molecule has 0 bridgehead atoms. The maximum Gasteiger partial charge on any atom is 0.315 e. The molecule has 3 rings (SSSR count). The first-order valence-corrected chi connectivity index (χ1v) is 8.03. The van der Waals surface area contributed by atoms with Crippen molar-refractivity contribution in [3.63, 3.8) is 0 Å². The molecule has 2 heterocycles. The third-order valence-electron chi connectivity index (χ3n) is 4.50. The van der Waals surface area contributed by atoms with Crippen LogP contribution in [0, 0.1) is 0 Å².